The zero-order valence-corrected chi connectivity index (χ0v) is 10.5. The average molecular weight is 280 g/mol. The number of nitrogens with zero attached hydrogens (tertiary/aromatic N) is 1. The van der Waals surface area contributed by atoms with Crippen LogP contribution in [0.15, 0.2) is 39.9 Å². The van der Waals surface area contributed by atoms with Gasteiger partial charge in [-0.15, -0.1) is 0 Å². The predicted molar refractivity (Wildman–Crippen MR) is 65.0 cm³/mol. The summed E-state index contributed by atoms with van der Waals surface area (Å²) in [6, 6.07) is 7.14. The van der Waals surface area contributed by atoms with E-state index in [0.29, 0.717) is 16.8 Å². The maximum absolute atomic E-state index is 11.9. The van der Waals surface area contributed by atoms with Crippen LogP contribution in [-0.2, 0) is 9.59 Å². The van der Waals surface area contributed by atoms with Gasteiger partial charge >= 0.3 is 0 Å². The Morgan fingerprint density at radius 2 is 1.62 bits per heavy atom. The third-order valence-corrected chi connectivity index (χ3v) is 3.17. The Bertz CT molecular complexity index is 496. The van der Waals surface area contributed by atoms with E-state index in [1.54, 1.807) is 32.0 Å². The Kier molecular flexibility index (Phi) is 2.68. The highest BCUT2D eigenvalue weighted by atomic mass is 79.9. The predicted octanol–water partition coefficient (Wildman–Crippen LogP) is 2.66. The van der Waals surface area contributed by atoms with Crippen LogP contribution in [0.5, 0.6) is 0 Å². The number of anilines is 1. The summed E-state index contributed by atoms with van der Waals surface area (Å²) in [6.07, 6.45) is 0. The summed E-state index contributed by atoms with van der Waals surface area (Å²) in [7, 11) is 0. The van der Waals surface area contributed by atoms with Gasteiger partial charge in [-0.3, -0.25) is 9.59 Å². The van der Waals surface area contributed by atoms with Gasteiger partial charge in [-0.25, -0.2) is 4.90 Å². The highest BCUT2D eigenvalue weighted by Crippen LogP contribution is 2.28. The molecule has 3 nitrogen and oxygen atoms in total. The molecule has 0 radical (unpaired) electrons. The number of carbonyl (C=O) groups is 2. The number of benzene rings is 1. The number of rotatable bonds is 1. The van der Waals surface area contributed by atoms with E-state index in [1.807, 2.05) is 6.07 Å². The molecule has 0 aromatic heterocycles. The van der Waals surface area contributed by atoms with Crippen molar-refractivity contribution in [2.75, 3.05) is 4.90 Å². The molecule has 82 valence electrons. The Morgan fingerprint density at radius 3 is 2.12 bits per heavy atom. The van der Waals surface area contributed by atoms with E-state index in [2.05, 4.69) is 15.9 Å². The van der Waals surface area contributed by atoms with Gasteiger partial charge in [-0.05, 0) is 32.0 Å². The Labute approximate surface area is 102 Å². The minimum atomic E-state index is -0.236. The molecule has 0 N–H and O–H groups in total. The maximum atomic E-state index is 11.9. The van der Waals surface area contributed by atoms with Crippen molar-refractivity contribution < 1.29 is 9.59 Å². The van der Waals surface area contributed by atoms with Crippen molar-refractivity contribution in [3.63, 3.8) is 0 Å². The first kappa shape index (κ1) is 11.1. The maximum Gasteiger partial charge on any atom is 0.261 e. The second-order valence-corrected chi connectivity index (χ2v) is 4.59. The smallest absolute Gasteiger partial charge is 0.261 e. The van der Waals surface area contributed by atoms with Gasteiger partial charge in [0.2, 0.25) is 0 Å². The number of amides is 2. The first-order valence-electron chi connectivity index (χ1n) is 4.84. The Morgan fingerprint density at radius 1 is 1.06 bits per heavy atom. The van der Waals surface area contributed by atoms with Crippen molar-refractivity contribution in [1.29, 1.82) is 0 Å². The minimum absolute atomic E-state index is 0.236. The minimum Gasteiger partial charge on any atom is -0.269 e. The van der Waals surface area contributed by atoms with E-state index in [0.717, 1.165) is 4.47 Å². The summed E-state index contributed by atoms with van der Waals surface area (Å²) in [4.78, 5) is 24.9. The molecule has 0 unspecified atom stereocenters. The molecule has 16 heavy (non-hydrogen) atoms. The molecule has 4 heteroatoms. The topological polar surface area (TPSA) is 37.4 Å². The first-order chi connectivity index (χ1) is 7.52. The van der Waals surface area contributed by atoms with E-state index in [4.69, 9.17) is 0 Å². The summed E-state index contributed by atoms with van der Waals surface area (Å²) >= 11 is 3.32. The molecular formula is C12H10BrNO2. The van der Waals surface area contributed by atoms with Crippen LogP contribution < -0.4 is 4.90 Å². The van der Waals surface area contributed by atoms with Gasteiger partial charge in [0.25, 0.3) is 11.8 Å². The van der Waals surface area contributed by atoms with Crippen molar-refractivity contribution in [2.24, 2.45) is 0 Å². The number of halogens is 1. The lowest BCUT2D eigenvalue weighted by molar-refractivity contribution is -0.120. The van der Waals surface area contributed by atoms with Crippen LogP contribution in [0.3, 0.4) is 0 Å². The standard InChI is InChI=1S/C12H10BrNO2/c1-7-8(2)12(16)14(11(7)15)10-5-3-4-9(13)6-10/h3-6H,1-2H3. The summed E-state index contributed by atoms with van der Waals surface area (Å²) in [6.45, 7) is 3.35. The number of carbonyl (C=O) groups excluding carboxylic acids is 2. The fourth-order valence-corrected chi connectivity index (χ4v) is 1.99. The zero-order valence-electron chi connectivity index (χ0n) is 8.95. The molecule has 0 fully saturated rings. The molecule has 0 bridgehead atoms. The van der Waals surface area contributed by atoms with E-state index in [1.165, 1.54) is 4.90 Å². The first-order valence-corrected chi connectivity index (χ1v) is 5.63. The molecule has 1 aromatic rings. The molecular weight excluding hydrogens is 270 g/mol. The second kappa shape index (κ2) is 3.87. The normalized spacial score (nSPS) is 16.3. The van der Waals surface area contributed by atoms with Gasteiger partial charge in [0, 0.05) is 15.6 Å². The van der Waals surface area contributed by atoms with E-state index >= 15 is 0 Å². The molecule has 1 aliphatic rings. The van der Waals surface area contributed by atoms with Crippen molar-refractivity contribution in [3.8, 4) is 0 Å². The summed E-state index contributed by atoms with van der Waals surface area (Å²) in [5.74, 6) is -0.471. The quantitative estimate of drug-likeness (QED) is 0.742. The summed E-state index contributed by atoms with van der Waals surface area (Å²) in [5.41, 5.74) is 1.63. The highest BCUT2D eigenvalue weighted by molar-refractivity contribution is 9.10. The number of hydrogen-bond donors (Lipinski definition) is 0. The van der Waals surface area contributed by atoms with Gasteiger partial charge in [-0.2, -0.15) is 0 Å². The van der Waals surface area contributed by atoms with Crippen LogP contribution in [0, 0.1) is 0 Å². The van der Waals surface area contributed by atoms with Gasteiger partial charge < -0.3 is 0 Å². The van der Waals surface area contributed by atoms with E-state index in [9.17, 15) is 9.59 Å². The molecule has 2 rings (SSSR count). The molecule has 1 aliphatic heterocycles. The average Bonchev–Trinajstić information content (AvgIpc) is 2.44. The molecule has 0 aliphatic carbocycles. The fraction of sp³-hybridized carbons (Fsp3) is 0.167. The summed E-state index contributed by atoms with van der Waals surface area (Å²) in [5, 5.41) is 0. The number of imide groups is 1. The SMILES string of the molecule is CC1=C(C)C(=O)N(c2cccc(Br)c2)C1=O. The molecule has 0 atom stereocenters. The second-order valence-electron chi connectivity index (χ2n) is 3.68. The molecule has 0 spiro atoms. The number of hydrogen-bond acceptors (Lipinski definition) is 2. The van der Waals surface area contributed by atoms with Gasteiger partial charge in [0.05, 0.1) is 5.69 Å². The highest BCUT2D eigenvalue weighted by Gasteiger charge is 2.34. The van der Waals surface area contributed by atoms with Crippen molar-refractivity contribution in [1.82, 2.24) is 0 Å². The van der Waals surface area contributed by atoms with E-state index < -0.39 is 0 Å². The van der Waals surface area contributed by atoms with Crippen LogP contribution in [0.25, 0.3) is 0 Å². The molecule has 0 saturated carbocycles. The third-order valence-electron chi connectivity index (χ3n) is 2.68. The van der Waals surface area contributed by atoms with Crippen molar-refractivity contribution >= 4 is 33.4 Å². The Hall–Kier alpha value is -1.42. The monoisotopic (exact) mass is 279 g/mol. The lowest BCUT2D eigenvalue weighted by atomic mass is 10.2. The largest absolute Gasteiger partial charge is 0.269 e. The molecule has 1 aromatic carbocycles. The van der Waals surface area contributed by atoms with E-state index in [-0.39, 0.29) is 11.8 Å². The third kappa shape index (κ3) is 1.59. The van der Waals surface area contributed by atoms with Crippen LogP contribution in [-0.4, -0.2) is 11.8 Å². The molecule has 0 saturated heterocycles. The van der Waals surface area contributed by atoms with Gasteiger partial charge in [0.15, 0.2) is 0 Å². The lowest BCUT2D eigenvalue weighted by Gasteiger charge is -2.14. The molecule has 1 heterocycles. The van der Waals surface area contributed by atoms with Gasteiger partial charge in [-0.1, -0.05) is 22.0 Å². The summed E-state index contributed by atoms with van der Waals surface area (Å²) < 4.78 is 0.841. The van der Waals surface area contributed by atoms with Crippen molar-refractivity contribution in [2.45, 2.75) is 13.8 Å². The fourth-order valence-electron chi connectivity index (χ4n) is 1.60. The van der Waals surface area contributed by atoms with Crippen LogP contribution in [0.1, 0.15) is 13.8 Å². The lowest BCUT2D eigenvalue weighted by Crippen LogP contribution is -2.31. The van der Waals surface area contributed by atoms with Gasteiger partial charge in [0.1, 0.15) is 0 Å². The molecule has 2 amide bonds. The van der Waals surface area contributed by atoms with Crippen LogP contribution in [0.2, 0.25) is 0 Å². The Balaban J connectivity index is 2.46. The van der Waals surface area contributed by atoms with Crippen LogP contribution >= 0.6 is 15.9 Å². The van der Waals surface area contributed by atoms with Crippen molar-refractivity contribution in [3.05, 3.63) is 39.9 Å². The van der Waals surface area contributed by atoms with Crippen LogP contribution in [0.4, 0.5) is 5.69 Å². The zero-order chi connectivity index (χ0) is 11.9.